The molecule has 0 spiro atoms. The van der Waals surface area contributed by atoms with Crippen molar-refractivity contribution < 1.29 is 18.7 Å². The van der Waals surface area contributed by atoms with Gasteiger partial charge in [0.1, 0.15) is 11.6 Å². The molecule has 1 atom stereocenters. The Bertz CT molecular complexity index is 801. The van der Waals surface area contributed by atoms with Gasteiger partial charge < -0.3 is 14.8 Å². The normalized spacial score (nSPS) is 16.6. The molecule has 148 valence electrons. The van der Waals surface area contributed by atoms with E-state index >= 15 is 0 Å². The van der Waals surface area contributed by atoms with Crippen LogP contribution in [0.4, 0.5) is 10.1 Å². The van der Waals surface area contributed by atoms with Gasteiger partial charge in [0.05, 0.1) is 19.3 Å². The van der Waals surface area contributed by atoms with Crippen LogP contribution in [0.1, 0.15) is 30.1 Å². The fourth-order valence-electron chi connectivity index (χ4n) is 2.81. The first-order valence-corrected chi connectivity index (χ1v) is 9.37. The number of anilines is 1. The molecule has 1 saturated heterocycles. The molecule has 0 radical (unpaired) electrons. The highest BCUT2D eigenvalue weighted by Crippen LogP contribution is 2.14. The summed E-state index contributed by atoms with van der Waals surface area (Å²) in [5.41, 5.74) is 1.11. The van der Waals surface area contributed by atoms with Gasteiger partial charge in [0.15, 0.2) is 0 Å². The van der Waals surface area contributed by atoms with Gasteiger partial charge in [-0.25, -0.2) is 9.38 Å². The second-order valence-corrected chi connectivity index (χ2v) is 6.37. The molecule has 7 heteroatoms. The lowest BCUT2D eigenvalue weighted by molar-refractivity contribution is 0.0975. The molecule has 28 heavy (non-hydrogen) atoms. The van der Waals surface area contributed by atoms with Crippen LogP contribution in [-0.2, 0) is 4.74 Å². The minimum Gasteiger partial charge on any atom is -0.494 e. The minimum atomic E-state index is -0.332. The van der Waals surface area contributed by atoms with Gasteiger partial charge in [-0.05, 0) is 68.3 Å². The first-order valence-electron chi connectivity index (χ1n) is 9.37. The number of nitrogens with zero attached hydrogens (tertiary/aromatic N) is 1. The summed E-state index contributed by atoms with van der Waals surface area (Å²) >= 11 is 0. The Hall–Kier alpha value is -2.93. The predicted molar refractivity (Wildman–Crippen MR) is 106 cm³/mol. The molecule has 2 N–H and O–H groups in total. The van der Waals surface area contributed by atoms with Gasteiger partial charge in [-0.3, -0.25) is 10.1 Å². The minimum absolute atomic E-state index is 0.0485. The summed E-state index contributed by atoms with van der Waals surface area (Å²) in [6, 6.07) is 12.7. The molecular formula is C21H24FN3O3. The molecule has 1 fully saturated rings. The van der Waals surface area contributed by atoms with Crippen LogP contribution < -0.4 is 15.4 Å². The number of hydrogen-bond donors (Lipinski definition) is 2. The number of nitrogens with one attached hydrogen (secondary N) is 2. The fraction of sp³-hybridized carbons (Fsp3) is 0.333. The lowest BCUT2D eigenvalue weighted by Crippen LogP contribution is -2.36. The molecule has 1 aliphatic rings. The molecule has 0 aliphatic carbocycles. The fourth-order valence-corrected chi connectivity index (χ4v) is 2.81. The molecule has 1 aliphatic heterocycles. The highest BCUT2D eigenvalue weighted by molar-refractivity contribution is 6.10. The van der Waals surface area contributed by atoms with Crippen molar-refractivity contribution in [1.82, 2.24) is 5.32 Å². The standard InChI is InChI=1S/C21H24FN3O3/c1-2-27-18-11-5-15(6-12-18)20(26)25-21(23-14-19-4-3-13-28-19)24-17-9-7-16(22)8-10-17/h5-12,19H,2-4,13-14H2,1H3,(H2,23,24,25,26). The van der Waals surface area contributed by atoms with Crippen LogP contribution in [0.5, 0.6) is 5.75 Å². The Labute approximate surface area is 163 Å². The van der Waals surface area contributed by atoms with Crippen molar-refractivity contribution in [3.63, 3.8) is 0 Å². The maximum absolute atomic E-state index is 13.1. The number of carbonyl (C=O) groups is 1. The summed E-state index contributed by atoms with van der Waals surface area (Å²) < 4.78 is 24.1. The molecule has 6 nitrogen and oxygen atoms in total. The molecular weight excluding hydrogens is 361 g/mol. The maximum Gasteiger partial charge on any atom is 0.257 e. The first-order chi connectivity index (χ1) is 13.6. The van der Waals surface area contributed by atoms with Crippen LogP contribution in [0.2, 0.25) is 0 Å². The zero-order valence-electron chi connectivity index (χ0n) is 15.8. The topological polar surface area (TPSA) is 72.0 Å². The zero-order chi connectivity index (χ0) is 19.8. The second kappa shape index (κ2) is 9.85. The van der Waals surface area contributed by atoms with Crippen LogP contribution in [0.3, 0.4) is 0 Å². The van der Waals surface area contributed by atoms with Gasteiger partial charge in [-0.1, -0.05) is 0 Å². The number of ether oxygens (including phenoxy) is 2. The number of hydrogen-bond acceptors (Lipinski definition) is 4. The van der Waals surface area contributed by atoms with Gasteiger partial charge in [0, 0.05) is 17.9 Å². The highest BCUT2D eigenvalue weighted by Gasteiger charge is 2.16. The molecule has 2 aromatic carbocycles. The highest BCUT2D eigenvalue weighted by atomic mass is 19.1. The maximum atomic E-state index is 13.1. The third kappa shape index (κ3) is 5.79. The van der Waals surface area contributed by atoms with Crippen LogP contribution in [0, 0.1) is 5.82 Å². The second-order valence-electron chi connectivity index (χ2n) is 6.37. The average molecular weight is 385 g/mol. The van der Waals surface area contributed by atoms with E-state index in [1.165, 1.54) is 12.1 Å². The lowest BCUT2D eigenvalue weighted by Gasteiger charge is -2.13. The Balaban J connectivity index is 1.70. The van der Waals surface area contributed by atoms with Gasteiger partial charge in [-0.15, -0.1) is 0 Å². The number of amides is 1. The molecule has 0 bridgehead atoms. The van der Waals surface area contributed by atoms with E-state index in [1.807, 2.05) is 6.92 Å². The lowest BCUT2D eigenvalue weighted by atomic mass is 10.2. The van der Waals surface area contributed by atoms with Crippen molar-refractivity contribution in [2.75, 3.05) is 25.1 Å². The Kier molecular flexibility index (Phi) is 6.97. The molecule has 3 rings (SSSR count). The van der Waals surface area contributed by atoms with Crippen molar-refractivity contribution in [3.05, 3.63) is 59.9 Å². The molecule has 1 amide bonds. The van der Waals surface area contributed by atoms with Crippen molar-refractivity contribution >= 4 is 17.6 Å². The van der Waals surface area contributed by atoms with Crippen molar-refractivity contribution in [3.8, 4) is 5.75 Å². The van der Waals surface area contributed by atoms with E-state index in [0.29, 0.717) is 36.1 Å². The van der Waals surface area contributed by atoms with Crippen LogP contribution in [0.15, 0.2) is 53.5 Å². The van der Waals surface area contributed by atoms with E-state index in [9.17, 15) is 9.18 Å². The SMILES string of the molecule is CCOc1ccc(C(=O)NC(=NCC2CCCO2)Nc2ccc(F)cc2)cc1. The quantitative estimate of drug-likeness (QED) is 0.589. The first kappa shape index (κ1) is 19.8. The number of halogens is 1. The van der Waals surface area contributed by atoms with E-state index in [4.69, 9.17) is 9.47 Å². The monoisotopic (exact) mass is 385 g/mol. The Morgan fingerprint density at radius 1 is 1.21 bits per heavy atom. The summed E-state index contributed by atoms with van der Waals surface area (Å²) in [5.74, 6) is 0.363. The summed E-state index contributed by atoms with van der Waals surface area (Å²) in [4.78, 5) is 17.1. The van der Waals surface area contributed by atoms with Crippen molar-refractivity contribution in [2.24, 2.45) is 4.99 Å². The van der Waals surface area contributed by atoms with Crippen LogP contribution >= 0.6 is 0 Å². The predicted octanol–water partition coefficient (Wildman–Crippen LogP) is 3.60. The van der Waals surface area contributed by atoms with Gasteiger partial charge in [-0.2, -0.15) is 0 Å². The average Bonchev–Trinajstić information content (AvgIpc) is 3.22. The van der Waals surface area contributed by atoms with Crippen molar-refractivity contribution in [1.29, 1.82) is 0 Å². The summed E-state index contributed by atoms with van der Waals surface area (Å²) in [6.45, 7) is 3.64. The molecule has 1 heterocycles. The smallest absolute Gasteiger partial charge is 0.257 e. The van der Waals surface area contributed by atoms with Crippen LogP contribution in [-0.4, -0.2) is 37.7 Å². The summed E-state index contributed by atoms with van der Waals surface area (Å²) in [7, 11) is 0. The third-order valence-corrected chi connectivity index (χ3v) is 4.24. The number of rotatable bonds is 6. The van der Waals surface area contributed by atoms with E-state index in [1.54, 1.807) is 36.4 Å². The Morgan fingerprint density at radius 3 is 2.61 bits per heavy atom. The van der Waals surface area contributed by atoms with E-state index < -0.39 is 0 Å². The zero-order valence-corrected chi connectivity index (χ0v) is 15.8. The molecule has 2 aromatic rings. The number of benzene rings is 2. The number of guanidine groups is 1. The summed E-state index contributed by atoms with van der Waals surface area (Å²) in [6.07, 6.45) is 2.01. The number of carbonyl (C=O) groups excluding carboxylic acids is 1. The third-order valence-electron chi connectivity index (χ3n) is 4.24. The van der Waals surface area contributed by atoms with Gasteiger partial charge in [0.2, 0.25) is 5.96 Å². The van der Waals surface area contributed by atoms with Crippen molar-refractivity contribution in [2.45, 2.75) is 25.9 Å². The van der Waals surface area contributed by atoms with Gasteiger partial charge >= 0.3 is 0 Å². The summed E-state index contributed by atoms with van der Waals surface area (Å²) in [5, 5.41) is 5.82. The molecule has 0 aromatic heterocycles. The van der Waals surface area contributed by atoms with Crippen LogP contribution in [0.25, 0.3) is 0 Å². The van der Waals surface area contributed by atoms with E-state index in [-0.39, 0.29) is 17.8 Å². The van der Waals surface area contributed by atoms with Gasteiger partial charge in [0.25, 0.3) is 5.91 Å². The van der Waals surface area contributed by atoms with E-state index in [0.717, 1.165) is 19.4 Å². The van der Waals surface area contributed by atoms with E-state index in [2.05, 4.69) is 15.6 Å². The largest absolute Gasteiger partial charge is 0.494 e. The Morgan fingerprint density at radius 2 is 1.96 bits per heavy atom. The molecule has 0 saturated carbocycles. The number of aliphatic imine (C=N–C) groups is 1. The molecule has 1 unspecified atom stereocenters.